The minimum absolute atomic E-state index is 0.717. The van der Waals surface area contributed by atoms with Gasteiger partial charge in [-0.3, -0.25) is 4.90 Å². The number of imidazole rings is 1. The van der Waals surface area contributed by atoms with Crippen LogP contribution in [-0.2, 0) is 17.8 Å². The topological polar surface area (TPSA) is 42.3 Å². The second-order valence-corrected chi connectivity index (χ2v) is 5.54. The van der Waals surface area contributed by atoms with Crippen LogP contribution >= 0.6 is 0 Å². The molecule has 1 fully saturated rings. The number of hydrogen-bond acceptors (Lipinski definition) is 4. The van der Waals surface area contributed by atoms with Crippen molar-refractivity contribution in [2.45, 2.75) is 19.5 Å². The van der Waals surface area contributed by atoms with Gasteiger partial charge in [-0.2, -0.15) is 0 Å². The molecule has 0 radical (unpaired) electrons. The van der Waals surface area contributed by atoms with Gasteiger partial charge in [0, 0.05) is 26.7 Å². The van der Waals surface area contributed by atoms with E-state index in [0.717, 1.165) is 57.2 Å². The van der Waals surface area contributed by atoms with E-state index in [-0.39, 0.29) is 0 Å². The van der Waals surface area contributed by atoms with Crippen LogP contribution in [0.4, 0.5) is 0 Å². The standard InChI is InChI=1S/C16H24N4O/c1-21-12-11-20-15-6-3-2-5-14(15)18-16(20)13-19-9-4-7-17-8-10-19/h2-3,5-6,17H,4,7-13H2,1H3. The van der Waals surface area contributed by atoms with E-state index in [2.05, 4.69) is 39.0 Å². The lowest BCUT2D eigenvalue weighted by atomic mass is 10.3. The Balaban J connectivity index is 1.85. The first-order chi connectivity index (χ1) is 10.4. The number of aromatic nitrogens is 2. The molecule has 0 saturated carbocycles. The van der Waals surface area contributed by atoms with Gasteiger partial charge in [-0.05, 0) is 31.6 Å². The minimum atomic E-state index is 0.717. The Bertz CT molecular complexity index is 573. The van der Waals surface area contributed by atoms with Crippen LogP contribution in [0.15, 0.2) is 24.3 Å². The van der Waals surface area contributed by atoms with Gasteiger partial charge in [-0.25, -0.2) is 4.98 Å². The van der Waals surface area contributed by atoms with E-state index in [1.165, 1.54) is 11.9 Å². The van der Waals surface area contributed by atoms with Crippen LogP contribution in [0.3, 0.4) is 0 Å². The zero-order valence-corrected chi connectivity index (χ0v) is 12.7. The second-order valence-electron chi connectivity index (χ2n) is 5.54. The Kier molecular flexibility index (Phi) is 4.85. The molecule has 3 rings (SSSR count). The van der Waals surface area contributed by atoms with Gasteiger partial charge in [0.05, 0.1) is 24.2 Å². The fourth-order valence-corrected chi connectivity index (χ4v) is 2.94. The van der Waals surface area contributed by atoms with Crippen molar-refractivity contribution in [2.24, 2.45) is 0 Å². The zero-order valence-electron chi connectivity index (χ0n) is 12.7. The van der Waals surface area contributed by atoms with Crippen molar-refractivity contribution in [3.63, 3.8) is 0 Å². The van der Waals surface area contributed by atoms with Crippen LogP contribution in [0.1, 0.15) is 12.2 Å². The highest BCUT2D eigenvalue weighted by atomic mass is 16.5. The van der Waals surface area contributed by atoms with Crippen molar-refractivity contribution in [1.29, 1.82) is 0 Å². The molecule has 0 amide bonds. The Labute approximate surface area is 125 Å². The van der Waals surface area contributed by atoms with Gasteiger partial charge in [0.1, 0.15) is 5.82 Å². The van der Waals surface area contributed by atoms with Crippen molar-refractivity contribution >= 4 is 11.0 Å². The third kappa shape index (κ3) is 3.43. The summed E-state index contributed by atoms with van der Waals surface area (Å²) in [6.45, 7) is 6.91. The lowest BCUT2D eigenvalue weighted by molar-refractivity contribution is 0.185. The van der Waals surface area contributed by atoms with Crippen molar-refractivity contribution in [2.75, 3.05) is 39.9 Å². The number of rotatable bonds is 5. The summed E-state index contributed by atoms with van der Waals surface area (Å²) in [4.78, 5) is 7.33. The Morgan fingerprint density at radius 3 is 3.05 bits per heavy atom. The van der Waals surface area contributed by atoms with E-state index in [1.54, 1.807) is 7.11 Å². The number of nitrogens with one attached hydrogen (secondary N) is 1. The average molecular weight is 288 g/mol. The molecule has 1 aromatic heterocycles. The number of methoxy groups -OCH3 is 1. The quantitative estimate of drug-likeness (QED) is 0.905. The third-order valence-electron chi connectivity index (χ3n) is 4.05. The SMILES string of the molecule is COCCn1c(CN2CCCNCC2)nc2ccccc21. The van der Waals surface area contributed by atoms with Crippen LogP contribution in [-0.4, -0.2) is 54.3 Å². The van der Waals surface area contributed by atoms with Gasteiger partial charge in [0.25, 0.3) is 0 Å². The lowest BCUT2D eigenvalue weighted by Crippen LogP contribution is -2.29. The number of fused-ring (bicyclic) bond motifs is 1. The first-order valence-corrected chi connectivity index (χ1v) is 7.74. The Hall–Kier alpha value is -1.43. The van der Waals surface area contributed by atoms with Crippen molar-refractivity contribution in [3.05, 3.63) is 30.1 Å². The van der Waals surface area contributed by atoms with Gasteiger partial charge in [-0.1, -0.05) is 12.1 Å². The molecule has 1 N–H and O–H groups in total. The minimum Gasteiger partial charge on any atom is -0.383 e. The van der Waals surface area contributed by atoms with E-state index >= 15 is 0 Å². The summed E-state index contributed by atoms with van der Waals surface area (Å²) in [6.07, 6.45) is 1.21. The van der Waals surface area contributed by atoms with Crippen LogP contribution in [0.5, 0.6) is 0 Å². The first kappa shape index (κ1) is 14.5. The highest BCUT2D eigenvalue weighted by molar-refractivity contribution is 5.75. The largest absolute Gasteiger partial charge is 0.383 e. The Morgan fingerprint density at radius 2 is 2.14 bits per heavy atom. The first-order valence-electron chi connectivity index (χ1n) is 7.74. The van der Waals surface area contributed by atoms with Crippen molar-refractivity contribution in [1.82, 2.24) is 19.8 Å². The summed E-state index contributed by atoms with van der Waals surface area (Å²) < 4.78 is 7.56. The summed E-state index contributed by atoms with van der Waals surface area (Å²) in [5.74, 6) is 1.15. The molecule has 0 spiro atoms. The predicted molar refractivity (Wildman–Crippen MR) is 84.4 cm³/mol. The number of benzene rings is 1. The van der Waals surface area contributed by atoms with Gasteiger partial charge in [0.15, 0.2) is 0 Å². The smallest absolute Gasteiger partial charge is 0.124 e. The van der Waals surface area contributed by atoms with Crippen molar-refractivity contribution < 1.29 is 4.74 Å². The van der Waals surface area contributed by atoms with Gasteiger partial charge in [0.2, 0.25) is 0 Å². The number of nitrogens with zero attached hydrogens (tertiary/aromatic N) is 3. The van der Waals surface area contributed by atoms with E-state index in [4.69, 9.17) is 9.72 Å². The van der Waals surface area contributed by atoms with Crippen LogP contribution < -0.4 is 5.32 Å². The van der Waals surface area contributed by atoms with E-state index in [9.17, 15) is 0 Å². The molecule has 1 aromatic carbocycles. The molecule has 21 heavy (non-hydrogen) atoms. The number of hydrogen-bond donors (Lipinski definition) is 1. The van der Waals surface area contributed by atoms with Crippen LogP contribution in [0, 0.1) is 0 Å². The summed E-state index contributed by atoms with van der Waals surface area (Å²) in [5.41, 5.74) is 2.29. The molecule has 2 heterocycles. The molecule has 5 heteroatoms. The zero-order chi connectivity index (χ0) is 14.5. The summed E-state index contributed by atoms with van der Waals surface area (Å²) >= 11 is 0. The molecular formula is C16H24N4O. The molecule has 0 bridgehead atoms. The highest BCUT2D eigenvalue weighted by Crippen LogP contribution is 2.17. The number of para-hydroxylation sites is 2. The van der Waals surface area contributed by atoms with E-state index in [1.807, 2.05) is 0 Å². The fourth-order valence-electron chi connectivity index (χ4n) is 2.94. The summed E-state index contributed by atoms with van der Waals surface area (Å²) in [6, 6.07) is 8.36. The monoisotopic (exact) mass is 288 g/mol. The molecular weight excluding hydrogens is 264 g/mol. The van der Waals surface area contributed by atoms with E-state index < -0.39 is 0 Å². The van der Waals surface area contributed by atoms with Crippen LogP contribution in [0.2, 0.25) is 0 Å². The molecule has 1 saturated heterocycles. The molecule has 0 unspecified atom stereocenters. The predicted octanol–water partition coefficient (Wildman–Crippen LogP) is 1.48. The third-order valence-corrected chi connectivity index (χ3v) is 4.05. The molecule has 2 aromatic rings. The molecule has 1 aliphatic heterocycles. The molecule has 0 atom stereocenters. The second kappa shape index (κ2) is 7.02. The Morgan fingerprint density at radius 1 is 1.24 bits per heavy atom. The van der Waals surface area contributed by atoms with Gasteiger partial charge in [-0.15, -0.1) is 0 Å². The molecule has 5 nitrogen and oxygen atoms in total. The van der Waals surface area contributed by atoms with Gasteiger partial charge < -0.3 is 14.6 Å². The highest BCUT2D eigenvalue weighted by Gasteiger charge is 2.15. The molecule has 114 valence electrons. The summed E-state index contributed by atoms with van der Waals surface area (Å²) in [7, 11) is 1.75. The van der Waals surface area contributed by atoms with Crippen molar-refractivity contribution in [3.8, 4) is 0 Å². The number of ether oxygens (including phenoxy) is 1. The maximum Gasteiger partial charge on any atom is 0.124 e. The van der Waals surface area contributed by atoms with E-state index in [0.29, 0.717) is 0 Å². The molecule has 1 aliphatic rings. The maximum absolute atomic E-state index is 5.26. The maximum atomic E-state index is 5.26. The van der Waals surface area contributed by atoms with Crippen LogP contribution in [0.25, 0.3) is 11.0 Å². The molecule has 0 aliphatic carbocycles. The fraction of sp³-hybridized carbons (Fsp3) is 0.562. The lowest BCUT2D eigenvalue weighted by Gasteiger charge is -2.19. The summed E-state index contributed by atoms with van der Waals surface area (Å²) in [5, 5.41) is 3.45. The average Bonchev–Trinajstić information content (AvgIpc) is 2.67. The normalized spacial score (nSPS) is 17.2. The van der Waals surface area contributed by atoms with Gasteiger partial charge >= 0.3 is 0 Å².